The van der Waals surface area contributed by atoms with E-state index in [0.29, 0.717) is 60.1 Å². The van der Waals surface area contributed by atoms with E-state index in [0.717, 1.165) is 44.9 Å². The van der Waals surface area contributed by atoms with Gasteiger partial charge in [-0.3, -0.25) is 9.59 Å². The summed E-state index contributed by atoms with van der Waals surface area (Å²) in [5.41, 5.74) is 0.912. The van der Waals surface area contributed by atoms with Crippen molar-refractivity contribution in [3.05, 3.63) is 108 Å². The highest BCUT2D eigenvalue weighted by Crippen LogP contribution is 2.68. The largest absolute Gasteiger partial charge is 0.459 e. The minimum Gasteiger partial charge on any atom is -0.459 e. The summed E-state index contributed by atoms with van der Waals surface area (Å²) < 4.78 is 43.5. The molecule has 0 aromatic heterocycles. The minimum absolute atomic E-state index is 0.0596. The summed E-state index contributed by atoms with van der Waals surface area (Å²) in [6.45, 7) is 14.4. The molecule has 0 amide bonds. The number of benzene rings is 3. The molecule has 0 spiro atoms. The molecular formula is C63H82O14. The fourth-order valence-electron chi connectivity index (χ4n) is 15.0. The van der Waals surface area contributed by atoms with Crippen LogP contribution >= 0.6 is 0 Å². The predicted molar refractivity (Wildman–Crippen MR) is 285 cm³/mol. The van der Waals surface area contributed by atoms with E-state index < -0.39 is 72.8 Å². The maximum atomic E-state index is 14.3. The van der Waals surface area contributed by atoms with E-state index in [1.54, 1.807) is 79.7 Å². The first kappa shape index (κ1) is 56.9. The summed E-state index contributed by atoms with van der Waals surface area (Å²) in [6, 6.07) is 26.0. The standard InChI is InChI=1S/C63H82O14/c1-8-50-38(4)55(76-58(69)41-20-14-10-15-21-41)56(77-59(70)42-22-16-11-17-23-42)61(74-50)72-34-36(2)24-27-48(64)37(3)52-49(65)33-47-45-26-25-43-32-44(28-30-62(43,6)46(45)29-31-63(47,52)7)73-60-54(67)39(5)53(66)51(75-60)35-71-57(68)40-18-12-9-13-19-40/h9-23,36-39,43-47,50-56,60-61,66-67H,8,24-35H2,1-7H3/t36-,37+,38-,39-,43?,44?,45?,46?,47?,50?,51?,52?,53+,54?,55-,56?,60+,61+,62?,63?/m0/s1. The van der Waals surface area contributed by atoms with E-state index in [4.69, 9.17) is 33.2 Å². The Morgan fingerprint density at radius 3 is 1.90 bits per heavy atom. The average Bonchev–Trinajstić information content (AvgIpc) is 3.83. The first-order valence-corrected chi connectivity index (χ1v) is 28.7. The van der Waals surface area contributed by atoms with Crippen LogP contribution in [0.5, 0.6) is 0 Å². The van der Waals surface area contributed by atoms with Gasteiger partial charge in [0.05, 0.1) is 41.6 Å². The number of carbonyl (C=O) groups is 5. The molecule has 2 saturated heterocycles. The number of hydrogen-bond acceptors (Lipinski definition) is 14. The number of carbonyl (C=O) groups excluding carboxylic acids is 5. The number of Topliss-reactive ketones (excluding diaryl/α,β-unsaturated/α-hetero) is 2. The van der Waals surface area contributed by atoms with Gasteiger partial charge in [0.1, 0.15) is 36.5 Å². The highest BCUT2D eigenvalue weighted by atomic mass is 16.7. The Morgan fingerprint density at radius 1 is 0.688 bits per heavy atom. The van der Waals surface area contributed by atoms with E-state index in [-0.39, 0.29) is 71.5 Å². The average molecular weight is 1060 g/mol. The zero-order valence-corrected chi connectivity index (χ0v) is 46.0. The van der Waals surface area contributed by atoms with Gasteiger partial charge >= 0.3 is 17.9 Å². The lowest BCUT2D eigenvalue weighted by Crippen LogP contribution is -2.57. The van der Waals surface area contributed by atoms with Gasteiger partial charge < -0.3 is 43.4 Å². The molecule has 4 aliphatic carbocycles. The molecule has 2 N–H and O–H groups in total. The number of fused-ring (bicyclic) bond motifs is 5. The Bertz CT molecular complexity index is 2510. The Hall–Kier alpha value is -4.83. The lowest BCUT2D eigenvalue weighted by molar-refractivity contribution is -0.305. The third kappa shape index (κ3) is 11.9. The first-order chi connectivity index (χ1) is 36.9. The molecule has 3 aromatic carbocycles. The second-order valence-electron chi connectivity index (χ2n) is 24.2. The normalized spacial score (nSPS) is 37.5. The molecule has 14 heteroatoms. The zero-order chi connectivity index (χ0) is 54.8. The molecular weight excluding hydrogens is 981 g/mol. The van der Waals surface area contributed by atoms with E-state index in [1.807, 2.05) is 45.9 Å². The maximum Gasteiger partial charge on any atom is 0.338 e. The van der Waals surface area contributed by atoms with Crippen LogP contribution in [-0.4, -0.2) is 108 Å². The summed E-state index contributed by atoms with van der Waals surface area (Å²) in [6.07, 6.45) is 1.07. The highest BCUT2D eigenvalue weighted by Gasteiger charge is 2.64. The molecule has 4 saturated carbocycles. The summed E-state index contributed by atoms with van der Waals surface area (Å²) >= 11 is 0. The Kier molecular flexibility index (Phi) is 17.9. The molecule has 20 atom stereocenters. The summed E-state index contributed by atoms with van der Waals surface area (Å²) in [4.78, 5) is 68.3. The van der Waals surface area contributed by atoms with Crippen LogP contribution < -0.4 is 0 Å². The van der Waals surface area contributed by atoms with Crippen molar-refractivity contribution in [2.24, 2.45) is 64.1 Å². The van der Waals surface area contributed by atoms with Crippen molar-refractivity contribution in [3.8, 4) is 0 Å². The van der Waals surface area contributed by atoms with Crippen LogP contribution in [0.15, 0.2) is 91.0 Å². The van der Waals surface area contributed by atoms with E-state index in [2.05, 4.69) is 13.8 Å². The van der Waals surface area contributed by atoms with Gasteiger partial charge in [0.2, 0.25) is 0 Å². The number of esters is 3. The van der Waals surface area contributed by atoms with Crippen LogP contribution in [0.3, 0.4) is 0 Å². The number of aliphatic hydroxyl groups is 2. The van der Waals surface area contributed by atoms with Crippen LogP contribution in [0.4, 0.5) is 0 Å². The smallest absolute Gasteiger partial charge is 0.338 e. The molecule has 14 nitrogen and oxygen atoms in total. The van der Waals surface area contributed by atoms with E-state index in [9.17, 15) is 34.2 Å². The van der Waals surface area contributed by atoms with Crippen molar-refractivity contribution in [3.63, 3.8) is 0 Å². The molecule has 0 radical (unpaired) electrons. The third-order valence-corrected chi connectivity index (χ3v) is 19.6. The van der Waals surface area contributed by atoms with Gasteiger partial charge in [-0.2, -0.15) is 0 Å². The Labute approximate surface area is 454 Å². The van der Waals surface area contributed by atoms with Crippen molar-refractivity contribution in [2.75, 3.05) is 13.2 Å². The molecule has 3 aromatic rings. The highest BCUT2D eigenvalue weighted by molar-refractivity contribution is 5.92. The summed E-state index contributed by atoms with van der Waals surface area (Å²) in [5.74, 6) is -1.63. The molecule has 12 unspecified atom stereocenters. The molecule has 77 heavy (non-hydrogen) atoms. The zero-order valence-electron chi connectivity index (χ0n) is 46.0. The molecule has 9 rings (SSSR count). The van der Waals surface area contributed by atoms with Crippen LogP contribution in [-0.2, 0) is 42.7 Å². The van der Waals surface area contributed by atoms with Gasteiger partial charge in [-0.15, -0.1) is 0 Å². The SMILES string of the molecule is CCC1O[C@@H](OC[C@@H](C)CCC(=O)[C@@H](C)C2C(=O)CC3C4CCC5CC(O[C@@H]6OC(COC(=O)c7ccccc7)[C@H](O)[C@H](C)C6O)CCC5(C)C4CCC32C)C(OC(=O)c2ccccc2)[C@@H](OC(=O)c2ccccc2)[C@H]1C. The molecule has 6 aliphatic rings. The third-order valence-electron chi connectivity index (χ3n) is 19.6. The van der Waals surface area contributed by atoms with Gasteiger partial charge in [-0.05, 0) is 135 Å². The van der Waals surface area contributed by atoms with Crippen molar-refractivity contribution in [1.82, 2.24) is 0 Å². The van der Waals surface area contributed by atoms with Gasteiger partial charge in [-0.25, -0.2) is 14.4 Å². The maximum absolute atomic E-state index is 14.3. The second-order valence-corrected chi connectivity index (χ2v) is 24.2. The van der Waals surface area contributed by atoms with Crippen molar-refractivity contribution in [2.45, 2.75) is 174 Å². The number of aliphatic hydroxyl groups excluding tert-OH is 2. The van der Waals surface area contributed by atoms with Gasteiger partial charge in [0, 0.05) is 36.5 Å². The lowest BCUT2D eigenvalue weighted by atomic mass is 9.44. The van der Waals surface area contributed by atoms with Crippen molar-refractivity contribution < 1.29 is 67.3 Å². The number of rotatable bonds is 18. The van der Waals surface area contributed by atoms with E-state index >= 15 is 0 Å². The van der Waals surface area contributed by atoms with E-state index in [1.165, 1.54) is 0 Å². The van der Waals surface area contributed by atoms with Crippen LogP contribution in [0, 0.1) is 64.1 Å². The molecule has 2 aliphatic heterocycles. The van der Waals surface area contributed by atoms with Gasteiger partial charge in [-0.1, -0.05) is 103 Å². The fraction of sp³-hybridized carbons (Fsp3) is 0.635. The molecule has 2 heterocycles. The van der Waals surface area contributed by atoms with Crippen LogP contribution in [0.1, 0.15) is 150 Å². The topological polar surface area (TPSA) is 190 Å². The summed E-state index contributed by atoms with van der Waals surface area (Å²) in [7, 11) is 0. The second kappa shape index (κ2) is 24.3. The first-order valence-electron chi connectivity index (χ1n) is 28.7. The number of ketones is 2. The van der Waals surface area contributed by atoms with Crippen LogP contribution in [0.2, 0.25) is 0 Å². The Morgan fingerprint density at radius 2 is 1.27 bits per heavy atom. The van der Waals surface area contributed by atoms with Gasteiger partial charge in [0.15, 0.2) is 18.7 Å². The number of ether oxygens (including phenoxy) is 7. The Balaban J connectivity index is 0.786. The number of hydrogen-bond donors (Lipinski definition) is 2. The summed E-state index contributed by atoms with van der Waals surface area (Å²) in [5, 5.41) is 22.2. The fourth-order valence-corrected chi connectivity index (χ4v) is 15.0. The quantitative estimate of drug-likeness (QED) is 0.0695. The van der Waals surface area contributed by atoms with Crippen LogP contribution in [0.25, 0.3) is 0 Å². The predicted octanol–water partition coefficient (Wildman–Crippen LogP) is 10.0. The molecule has 0 bridgehead atoms. The monoisotopic (exact) mass is 1060 g/mol. The molecule has 418 valence electrons. The van der Waals surface area contributed by atoms with Crippen molar-refractivity contribution >= 4 is 29.5 Å². The molecule has 6 fully saturated rings. The van der Waals surface area contributed by atoms with Gasteiger partial charge in [0.25, 0.3) is 0 Å². The lowest BCUT2D eigenvalue weighted by Gasteiger charge is -2.61. The van der Waals surface area contributed by atoms with Crippen molar-refractivity contribution in [1.29, 1.82) is 0 Å². The minimum atomic E-state index is -1.07.